The van der Waals surface area contributed by atoms with Crippen LogP contribution >= 0.6 is 11.3 Å². The molecule has 0 unspecified atom stereocenters. The Morgan fingerprint density at radius 1 is 1.41 bits per heavy atom. The third-order valence-corrected chi connectivity index (χ3v) is 3.30. The fourth-order valence-electron chi connectivity index (χ4n) is 1.68. The standard InChI is InChI=1S/C11H10N4OS/c1-2-12-10-14-15-9(16)7-5-3-4-6-8(7)13-11(15)17-10/h3-6H,2H2,1H3,(H,12,14). The Balaban J connectivity index is 2.39. The van der Waals surface area contributed by atoms with Crippen molar-refractivity contribution in [3.05, 3.63) is 34.6 Å². The summed E-state index contributed by atoms with van der Waals surface area (Å²) >= 11 is 1.38. The largest absolute Gasteiger partial charge is 0.360 e. The van der Waals surface area contributed by atoms with E-state index in [4.69, 9.17) is 0 Å². The van der Waals surface area contributed by atoms with E-state index in [-0.39, 0.29) is 5.56 Å². The molecule has 2 aromatic heterocycles. The van der Waals surface area contributed by atoms with Crippen molar-refractivity contribution < 1.29 is 0 Å². The number of benzene rings is 1. The average Bonchev–Trinajstić information content (AvgIpc) is 2.73. The highest BCUT2D eigenvalue weighted by Crippen LogP contribution is 2.18. The van der Waals surface area contributed by atoms with Gasteiger partial charge in [0.1, 0.15) is 0 Å². The number of anilines is 1. The lowest BCUT2D eigenvalue weighted by atomic mass is 10.2. The number of fused-ring (bicyclic) bond motifs is 2. The van der Waals surface area contributed by atoms with Gasteiger partial charge in [0.15, 0.2) is 0 Å². The zero-order valence-corrected chi connectivity index (χ0v) is 9.99. The summed E-state index contributed by atoms with van der Waals surface area (Å²) in [5, 5.41) is 8.60. The van der Waals surface area contributed by atoms with E-state index in [1.54, 1.807) is 6.07 Å². The summed E-state index contributed by atoms with van der Waals surface area (Å²) in [4.78, 5) is 17.2. The zero-order valence-electron chi connectivity index (χ0n) is 9.17. The number of aromatic nitrogens is 3. The predicted molar refractivity (Wildman–Crippen MR) is 68.8 cm³/mol. The van der Waals surface area contributed by atoms with Crippen molar-refractivity contribution in [2.75, 3.05) is 11.9 Å². The van der Waals surface area contributed by atoms with Crippen LogP contribution in [0, 0.1) is 0 Å². The van der Waals surface area contributed by atoms with Crippen molar-refractivity contribution in [3.8, 4) is 0 Å². The van der Waals surface area contributed by atoms with Crippen molar-refractivity contribution in [1.82, 2.24) is 14.6 Å². The van der Waals surface area contributed by atoms with Gasteiger partial charge in [0, 0.05) is 6.54 Å². The first-order valence-electron chi connectivity index (χ1n) is 5.32. The van der Waals surface area contributed by atoms with E-state index in [1.807, 2.05) is 25.1 Å². The molecule has 0 bridgehead atoms. The van der Waals surface area contributed by atoms with Crippen LogP contribution in [0.5, 0.6) is 0 Å². The molecule has 2 heterocycles. The van der Waals surface area contributed by atoms with Crippen LogP contribution in [0.3, 0.4) is 0 Å². The lowest BCUT2D eigenvalue weighted by Crippen LogP contribution is -2.15. The quantitative estimate of drug-likeness (QED) is 0.748. The lowest BCUT2D eigenvalue weighted by Gasteiger charge is -1.95. The highest BCUT2D eigenvalue weighted by molar-refractivity contribution is 7.20. The molecule has 3 aromatic rings. The summed E-state index contributed by atoms with van der Waals surface area (Å²) in [5.74, 6) is 0. The molecule has 0 spiro atoms. The maximum Gasteiger partial charge on any atom is 0.283 e. The third kappa shape index (κ3) is 1.57. The van der Waals surface area contributed by atoms with Crippen molar-refractivity contribution in [2.45, 2.75) is 6.92 Å². The molecule has 3 rings (SSSR count). The van der Waals surface area contributed by atoms with Crippen LogP contribution < -0.4 is 10.9 Å². The summed E-state index contributed by atoms with van der Waals surface area (Å²) in [6.45, 7) is 2.76. The van der Waals surface area contributed by atoms with Gasteiger partial charge in [-0.25, -0.2) is 4.98 Å². The minimum atomic E-state index is -0.119. The summed E-state index contributed by atoms with van der Waals surface area (Å²) in [6.07, 6.45) is 0. The van der Waals surface area contributed by atoms with Gasteiger partial charge in [-0.05, 0) is 19.1 Å². The Morgan fingerprint density at radius 2 is 2.24 bits per heavy atom. The second-order valence-corrected chi connectivity index (χ2v) is 4.52. The summed E-state index contributed by atoms with van der Waals surface area (Å²) in [7, 11) is 0. The molecule has 0 saturated heterocycles. The maximum atomic E-state index is 12.1. The molecule has 5 nitrogen and oxygen atoms in total. The molecule has 0 radical (unpaired) electrons. The highest BCUT2D eigenvalue weighted by Gasteiger charge is 2.09. The minimum absolute atomic E-state index is 0.119. The van der Waals surface area contributed by atoms with Crippen LogP contribution in [-0.4, -0.2) is 21.1 Å². The molecular weight excluding hydrogens is 236 g/mol. The first-order valence-corrected chi connectivity index (χ1v) is 6.13. The SMILES string of the molecule is CCNc1nn2c(=O)c3ccccc3nc2s1. The molecule has 86 valence electrons. The van der Waals surface area contributed by atoms with E-state index < -0.39 is 0 Å². The van der Waals surface area contributed by atoms with Gasteiger partial charge in [0.25, 0.3) is 5.56 Å². The van der Waals surface area contributed by atoms with E-state index in [1.165, 1.54) is 15.9 Å². The molecule has 17 heavy (non-hydrogen) atoms. The summed E-state index contributed by atoms with van der Waals surface area (Å²) < 4.78 is 1.35. The smallest absolute Gasteiger partial charge is 0.283 e. The van der Waals surface area contributed by atoms with E-state index in [0.29, 0.717) is 21.0 Å². The van der Waals surface area contributed by atoms with Crippen LogP contribution in [0.4, 0.5) is 5.13 Å². The predicted octanol–water partition coefficient (Wildman–Crippen LogP) is 1.74. The van der Waals surface area contributed by atoms with E-state index in [9.17, 15) is 4.79 Å². The fraction of sp³-hybridized carbons (Fsp3) is 0.182. The van der Waals surface area contributed by atoms with Gasteiger partial charge < -0.3 is 5.32 Å². The van der Waals surface area contributed by atoms with E-state index in [0.717, 1.165) is 6.54 Å². The van der Waals surface area contributed by atoms with Gasteiger partial charge in [0.05, 0.1) is 10.9 Å². The number of rotatable bonds is 2. The Morgan fingerprint density at radius 3 is 3.06 bits per heavy atom. The Labute approximate surface area is 101 Å². The van der Waals surface area contributed by atoms with Crippen LogP contribution in [0.1, 0.15) is 6.92 Å². The Bertz CT molecular complexity index is 746. The van der Waals surface area contributed by atoms with Crippen LogP contribution in [-0.2, 0) is 0 Å². The molecular formula is C11H10N4OS. The van der Waals surface area contributed by atoms with Crippen molar-refractivity contribution in [1.29, 1.82) is 0 Å². The number of para-hydroxylation sites is 1. The Kier molecular flexibility index (Phi) is 2.29. The van der Waals surface area contributed by atoms with Gasteiger partial charge in [-0.3, -0.25) is 4.79 Å². The molecule has 0 aliphatic carbocycles. The van der Waals surface area contributed by atoms with Gasteiger partial charge >= 0.3 is 0 Å². The average molecular weight is 246 g/mol. The number of hydrogen-bond acceptors (Lipinski definition) is 5. The van der Waals surface area contributed by atoms with Crippen LogP contribution in [0.25, 0.3) is 15.9 Å². The van der Waals surface area contributed by atoms with Crippen molar-refractivity contribution in [2.24, 2.45) is 0 Å². The monoisotopic (exact) mass is 246 g/mol. The molecule has 0 saturated carbocycles. The zero-order chi connectivity index (χ0) is 11.8. The van der Waals surface area contributed by atoms with Crippen LogP contribution in [0.2, 0.25) is 0 Å². The van der Waals surface area contributed by atoms with Gasteiger partial charge in [-0.2, -0.15) is 4.52 Å². The highest BCUT2D eigenvalue weighted by atomic mass is 32.1. The molecule has 1 aromatic carbocycles. The summed E-state index contributed by atoms with van der Waals surface area (Å²) in [5.41, 5.74) is 0.593. The van der Waals surface area contributed by atoms with Crippen molar-refractivity contribution >= 4 is 32.3 Å². The second kappa shape index (κ2) is 3.81. The van der Waals surface area contributed by atoms with Gasteiger partial charge in [-0.1, -0.05) is 23.5 Å². The molecule has 0 aliphatic heterocycles. The number of hydrogen-bond donors (Lipinski definition) is 1. The third-order valence-electron chi connectivity index (χ3n) is 2.43. The molecule has 1 N–H and O–H groups in total. The molecule has 0 aliphatic rings. The second-order valence-electron chi connectivity index (χ2n) is 3.57. The molecule has 0 fully saturated rings. The van der Waals surface area contributed by atoms with Crippen molar-refractivity contribution in [3.63, 3.8) is 0 Å². The summed E-state index contributed by atoms with van der Waals surface area (Å²) in [6, 6.07) is 7.31. The molecule has 0 atom stereocenters. The van der Waals surface area contributed by atoms with Gasteiger partial charge in [-0.15, -0.1) is 5.10 Å². The van der Waals surface area contributed by atoms with Gasteiger partial charge in [0.2, 0.25) is 10.1 Å². The normalized spacial score (nSPS) is 11.1. The first kappa shape index (κ1) is 10.2. The van der Waals surface area contributed by atoms with E-state index >= 15 is 0 Å². The molecule has 6 heteroatoms. The first-order chi connectivity index (χ1) is 8.29. The number of nitrogens with one attached hydrogen (secondary N) is 1. The Hall–Kier alpha value is -1.95. The maximum absolute atomic E-state index is 12.1. The van der Waals surface area contributed by atoms with Crippen LogP contribution in [0.15, 0.2) is 29.1 Å². The fourth-order valence-corrected chi connectivity index (χ4v) is 2.54. The molecule has 0 amide bonds. The van der Waals surface area contributed by atoms with E-state index in [2.05, 4.69) is 15.4 Å². The minimum Gasteiger partial charge on any atom is -0.360 e. The topological polar surface area (TPSA) is 59.3 Å². The number of nitrogens with zero attached hydrogens (tertiary/aromatic N) is 3. The lowest BCUT2D eigenvalue weighted by molar-refractivity contribution is 0.913.